The van der Waals surface area contributed by atoms with Crippen molar-refractivity contribution in [3.05, 3.63) is 51.7 Å². The van der Waals surface area contributed by atoms with Crippen molar-refractivity contribution < 1.29 is 84.6 Å². The quantitative estimate of drug-likeness (QED) is 0.122. The lowest BCUT2D eigenvalue weighted by molar-refractivity contribution is -0.338. The van der Waals surface area contributed by atoms with Gasteiger partial charge in [-0.3, -0.25) is 4.79 Å². The molecule has 0 saturated carbocycles. The predicted octanol–water partition coefficient (Wildman–Crippen LogP) is -2.90. The van der Waals surface area contributed by atoms with Crippen LogP contribution in [0.3, 0.4) is 0 Å². The van der Waals surface area contributed by atoms with Crippen LogP contribution in [0.25, 0.3) is 22.3 Å². The fourth-order valence-electron chi connectivity index (χ4n) is 6.52. The third kappa shape index (κ3) is 6.11. The van der Waals surface area contributed by atoms with Crippen LogP contribution in [0.4, 0.5) is 0 Å². The van der Waals surface area contributed by atoms with Crippen molar-refractivity contribution in [2.75, 3.05) is 13.2 Å². The van der Waals surface area contributed by atoms with Gasteiger partial charge in [-0.1, -0.05) is 0 Å². The number of fused-ring (bicyclic) bond motifs is 1. The van der Waals surface area contributed by atoms with Crippen LogP contribution in [0.15, 0.2) is 39.5 Å². The Morgan fingerprint density at radius 3 is 2.10 bits per heavy atom. The highest BCUT2D eigenvalue weighted by Gasteiger charge is 2.52. The fourth-order valence-corrected chi connectivity index (χ4v) is 6.52. The predicted molar refractivity (Wildman–Crippen MR) is 164 cm³/mol. The maximum absolute atomic E-state index is 13.8. The topological polar surface area (TPSA) is 310 Å². The summed E-state index contributed by atoms with van der Waals surface area (Å²) >= 11 is 0. The third-order valence-corrected chi connectivity index (χ3v) is 9.38. The van der Waals surface area contributed by atoms with Gasteiger partial charge in [0.15, 0.2) is 17.3 Å². The van der Waals surface area contributed by atoms with Gasteiger partial charge in [-0.2, -0.15) is 0 Å². The zero-order chi connectivity index (χ0) is 36.3. The number of aromatic hydroxyl groups is 3. The molecule has 12 N–H and O–H groups in total. The molecule has 3 aliphatic heterocycles. The number of phenols is 3. The Labute approximate surface area is 281 Å². The minimum atomic E-state index is -2.02. The summed E-state index contributed by atoms with van der Waals surface area (Å²) in [4.78, 5) is 13.8. The van der Waals surface area contributed by atoms with Crippen LogP contribution in [-0.4, -0.2) is 148 Å². The second-order valence-electron chi connectivity index (χ2n) is 12.6. The molecular formula is C32H38O18. The summed E-state index contributed by atoms with van der Waals surface area (Å²) in [6, 6.07) is 6.33. The number of hydrogen-bond donors (Lipinski definition) is 12. The second-order valence-corrected chi connectivity index (χ2v) is 12.6. The zero-order valence-electron chi connectivity index (χ0n) is 26.2. The van der Waals surface area contributed by atoms with Crippen molar-refractivity contribution in [2.24, 2.45) is 0 Å². The molecule has 0 amide bonds. The first-order valence-corrected chi connectivity index (χ1v) is 15.6. The van der Waals surface area contributed by atoms with Crippen molar-refractivity contribution in [2.45, 2.75) is 92.6 Å². The van der Waals surface area contributed by atoms with E-state index in [9.17, 15) is 66.1 Å². The van der Waals surface area contributed by atoms with Gasteiger partial charge >= 0.3 is 0 Å². The average Bonchev–Trinajstić information content (AvgIpc) is 3.08. The SMILES string of the molecule is C[C@@H]1O[C@@H](O[C@@H]2[C@@H](O)[C@H](O)[C@@H](CO)O[C@H]2c2c(O)c([C@@H]3OC[C@H](O)[C@H](O)[C@H]3O)c(O)c3c(=O)cc(-c4ccc(O)cc4)oc23)[C@H](O)[C@H](O)[C@H]1O. The number of rotatable bonds is 6. The smallest absolute Gasteiger partial charge is 0.197 e. The average molecular weight is 711 g/mol. The van der Waals surface area contributed by atoms with Crippen LogP contribution in [0.2, 0.25) is 0 Å². The minimum absolute atomic E-state index is 0.117. The largest absolute Gasteiger partial charge is 0.508 e. The van der Waals surface area contributed by atoms with Gasteiger partial charge in [0.25, 0.3) is 0 Å². The van der Waals surface area contributed by atoms with Gasteiger partial charge in [-0.05, 0) is 31.2 Å². The summed E-state index contributed by atoms with van der Waals surface area (Å²) in [6.07, 6.45) is -24.7. The lowest BCUT2D eigenvalue weighted by Crippen LogP contribution is -2.61. The molecule has 2 aromatic carbocycles. The molecule has 3 fully saturated rings. The van der Waals surface area contributed by atoms with Crippen LogP contribution in [-0.2, 0) is 18.9 Å². The Morgan fingerprint density at radius 2 is 1.44 bits per heavy atom. The van der Waals surface area contributed by atoms with E-state index in [0.29, 0.717) is 0 Å². The number of hydrogen-bond acceptors (Lipinski definition) is 18. The van der Waals surface area contributed by atoms with Crippen molar-refractivity contribution in [3.63, 3.8) is 0 Å². The molecule has 0 bridgehead atoms. The first-order chi connectivity index (χ1) is 23.7. The second kappa shape index (κ2) is 13.9. The van der Waals surface area contributed by atoms with Crippen molar-refractivity contribution in [3.8, 4) is 28.6 Å². The minimum Gasteiger partial charge on any atom is -0.508 e. The van der Waals surface area contributed by atoms with Gasteiger partial charge in [-0.15, -0.1) is 0 Å². The number of aliphatic hydroxyl groups excluding tert-OH is 9. The van der Waals surface area contributed by atoms with Crippen LogP contribution in [0, 0.1) is 0 Å². The van der Waals surface area contributed by atoms with E-state index >= 15 is 0 Å². The third-order valence-electron chi connectivity index (χ3n) is 9.38. The molecule has 4 heterocycles. The van der Waals surface area contributed by atoms with Crippen LogP contribution in [0.1, 0.15) is 30.3 Å². The summed E-state index contributed by atoms with van der Waals surface area (Å²) in [5.41, 5.74) is -2.53. The standard InChI is InChI=1S/C32H38O18/c1-9-19(37)24(42)27(45)32(47-9)50-31-26(44)21(39)15(7-33)49-30(31)18-23(41)17(29-25(43)20(38)13(36)8-46-29)22(40)16-12(35)6-14(48-28(16)18)10-2-4-11(34)5-3-10/h2-6,9,13,15,19-21,24-27,29-34,36-45H,7-8H2,1H3/t9-,13-,15+,19-,20-,21+,24+,25+,26-,27+,29-,30-,31+,32-/m0/s1. The first-order valence-electron chi connectivity index (χ1n) is 15.6. The lowest BCUT2D eigenvalue weighted by Gasteiger charge is -2.46. The van der Waals surface area contributed by atoms with E-state index in [1.165, 1.54) is 31.2 Å². The molecule has 0 aliphatic carbocycles. The molecule has 18 nitrogen and oxygen atoms in total. The Balaban J connectivity index is 1.60. The molecule has 274 valence electrons. The van der Waals surface area contributed by atoms with E-state index in [1.807, 2.05) is 0 Å². The Morgan fingerprint density at radius 1 is 0.760 bits per heavy atom. The molecule has 0 spiro atoms. The number of phenolic OH excluding ortho intramolecular Hbond substituents is 3. The number of benzene rings is 2. The van der Waals surface area contributed by atoms with E-state index < -0.39 is 138 Å². The van der Waals surface area contributed by atoms with E-state index in [1.54, 1.807) is 0 Å². The Kier molecular flexibility index (Phi) is 10.1. The monoisotopic (exact) mass is 710 g/mol. The van der Waals surface area contributed by atoms with Crippen molar-refractivity contribution in [1.29, 1.82) is 0 Å². The summed E-state index contributed by atoms with van der Waals surface area (Å²) in [5.74, 6) is -2.24. The van der Waals surface area contributed by atoms with Crippen molar-refractivity contribution >= 4 is 11.0 Å². The maximum atomic E-state index is 13.8. The van der Waals surface area contributed by atoms with Gasteiger partial charge in [0.1, 0.15) is 102 Å². The molecule has 18 heteroatoms. The first kappa shape index (κ1) is 36.3. The molecule has 1 aromatic heterocycles. The van der Waals surface area contributed by atoms with Gasteiger partial charge in [0, 0.05) is 11.6 Å². The molecule has 14 atom stereocenters. The van der Waals surface area contributed by atoms with Crippen LogP contribution >= 0.6 is 0 Å². The lowest BCUT2D eigenvalue weighted by atomic mass is 9.85. The summed E-state index contributed by atoms with van der Waals surface area (Å²) in [7, 11) is 0. The van der Waals surface area contributed by atoms with E-state index in [-0.39, 0.29) is 17.1 Å². The summed E-state index contributed by atoms with van der Waals surface area (Å²) in [5, 5.41) is 127. The Hall–Kier alpha value is -3.47. The number of aliphatic hydroxyl groups is 9. The highest BCUT2D eigenvalue weighted by atomic mass is 16.7. The Bertz CT molecular complexity index is 1750. The highest BCUT2D eigenvalue weighted by Crippen LogP contribution is 2.51. The molecule has 3 aliphatic rings. The van der Waals surface area contributed by atoms with Gasteiger partial charge < -0.3 is 84.6 Å². The van der Waals surface area contributed by atoms with E-state index in [4.69, 9.17) is 23.4 Å². The van der Waals surface area contributed by atoms with Crippen LogP contribution < -0.4 is 5.43 Å². The highest BCUT2D eigenvalue weighted by molar-refractivity contribution is 5.92. The molecule has 0 unspecified atom stereocenters. The van der Waals surface area contributed by atoms with Gasteiger partial charge in [0.05, 0.1) is 30.4 Å². The van der Waals surface area contributed by atoms with Gasteiger partial charge in [0.2, 0.25) is 0 Å². The molecule has 6 rings (SSSR count). The fraction of sp³-hybridized carbons (Fsp3) is 0.531. The van der Waals surface area contributed by atoms with Crippen LogP contribution in [0.5, 0.6) is 17.2 Å². The molecule has 3 aromatic rings. The maximum Gasteiger partial charge on any atom is 0.197 e. The number of ether oxygens (including phenoxy) is 4. The molecule has 50 heavy (non-hydrogen) atoms. The molecular weight excluding hydrogens is 672 g/mol. The van der Waals surface area contributed by atoms with E-state index in [2.05, 4.69) is 0 Å². The normalized spacial score (nSPS) is 38.0. The summed E-state index contributed by atoms with van der Waals surface area (Å²) in [6.45, 7) is -0.146. The van der Waals surface area contributed by atoms with E-state index in [0.717, 1.165) is 6.07 Å². The van der Waals surface area contributed by atoms with Crippen molar-refractivity contribution in [1.82, 2.24) is 0 Å². The van der Waals surface area contributed by atoms with Gasteiger partial charge in [-0.25, -0.2) is 0 Å². The molecule has 3 saturated heterocycles. The molecule has 0 radical (unpaired) electrons. The zero-order valence-corrected chi connectivity index (χ0v) is 26.2. The summed E-state index contributed by atoms with van der Waals surface area (Å²) < 4.78 is 28.9.